The molecular weight excluding hydrogens is 355 g/mol. The maximum absolute atomic E-state index is 11.0. The van der Waals surface area contributed by atoms with E-state index in [2.05, 4.69) is 4.99 Å². The molecule has 0 aromatic carbocycles. The van der Waals surface area contributed by atoms with Crippen molar-refractivity contribution in [2.45, 2.75) is 18.5 Å². The van der Waals surface area contributed by atoms with Gasteiger partial charge in [0.05, 0.1) is 42.2 Å². The molecule has 115 valence electrons. The summed E-state index contributed by atoms with van der Waals surface area (Å²) in [5, 5.41) is 43.2. The van der Waals surface area contributed by atoms with Crippen molar-refractivity contribution in [3.8, 4) is 0 Å². The molecule has 0 amide bonds. The molecule has 0 aromatic heterocycles. The smallest absolute Gasteiger partial charge is 0.550 e. The molecule has 1 rings (SSSR count). The van der Waals surface area contributed by atoms with Crippen LogP contribution in [-0.2, 0) is 36.2 Å². The Bertz CT molecular complexity index is 497. The quantitative estimate of drug-likeness (QED) is 0.415. The molecule has 1 aliphatic rings. The summed E-state index contributed by atoms with van der Waals surface area (Å²) in [7, 11) is 0. The Morgan fingerprint density at radius 1 is 1.18 bits per heavy atom. The summed E-state index contributed by atoms with van der Waals surface area (Å²) in [6, 6.07) is -3.91. The van der Waals surface area contributed by atoms with Crippen LogP contribution in [0.4, 0.5) is 0 Å². The summed E-state index contributed by atoms with van der Waals surface area (Å²) < 4.78 is 0. The summed E-state index contributed by atoms with van der Waals surface area (Å²) in [6.45, 7) is -0.523. The Balaban J connectivity index is 0. The monoisotopic (exact) mass is 363 g/mol. The number of carbonyl (C=O) groups is 4. The van der Waals surface area contributed by atoms with Gasteiger partial charge in [0.1, 0.15) is 0 Å². The molecule has 22 heavy (non-hydrogen) atoms. The SMILES string of the molecule is O=C([O-])CC(C(=O)[O-])N1CCN=C(C(=O)[O-])C1C(=O)[O-].[Fe+3].[Na+]. The number of carboxylic acids is 4. The first-order chi connectivity index (χ1) is 9.25. The number of carbonyl (C=O) groups excluding carboxylic acids is 4. The zero-order valence-corrected chi connectivity index (χ0v) is 14.4. The van der Waals surface area contributed by atoms with E-state index in [9.17, 15) is 39.6 Å². The van der Waals surface area contributed by atoms with Gasteiger partial charge in [0.15, 0.2) is 0 Å². The predicted molar refractivity (Wildman–Crippen MR) is 51.2 cm³/mol. The van der Waals surface area contributed by atoms with Crippen LogP contribution in [0.15, 0.2) is 4.99 Å². The summed E-state index contributed by atoms with van der Waals surface area (Å²) in [4.78, 5) is 47.2. The topological polar surface area (TPSA) is 176 Å². The third-order valence-electron chi connectivity index (χ3n) is 2.70. The Labute approximate surface area is 157 Å². The van der Waals surface area contributed by atoms with Crippen LogP contribution in [0, 0.1) is 0 Å². The van der Waals surface area contributed by atoms with E-state index < -0.39 is 48.1 Å². The molecule has 12 heteroatoms. The first kappa shape index (κ1) is 23.3. The Kier molecular flexibility index (Phi) is 10.5. The van der Waals surface area contributed by atoms with Crippen LogP contribution < -0.4 is 50.0 Å². The molecule has 1 radical (unpaired) electrons. The number of aliphatic imine (C=N–C) groups is 1. The molecule has 2 unspecified atom stereocenters. The average Bonchev–Trinajstić information content (AvgIpc) is 2.34. The van der Waals surface area contributed by atoms with Gasteiger partial charge in [-0.15, -0.1) is 0 Å². The minimum absolute atomic E-state index is 0. The van der Waals surface area contributed by atoms with Gasteiger partial charge >= 0.3 is 46.6 Å². The second-order valence-electron chi connectivity index (χ2n) is 3.92. The number of hydrogen-bond donors (Lipinski definition) is 0. The zero-order valence-electron chi connectivity index (χ0n) is 11.3. The van der Waals surface area contributed by atoms with Crippen LogP contribution in [-0.4, -0.2) is 59.7 Å². The van der Waals surface area contributed by atoms with Gasteiger partial charge in [0, 0.05) is 18.9 Å². The van der Waals surface area contributed by atoms with Crippen molar-refractivity contribution in [3.63, 3.8) is 0 Å². The fraction of sp³-hybridized carbons (Fsp3) is 0.500. The van der Waals surface area contributed by atoms with Crippen LogP contribution in [0.25, 0.3) is 0 Å². The maximum atomic E-state index is 11.0. The normalized spacial score (nSPS) is 18.9. The van der Waals surface area contributed by atoms with E-state index in [1.807, 2.05) is 0 Å². The van der Waals surface area contributed by atoms with E-state index in [0.717, 1.165) is 0 Å². The van der Waals surface area contributed by atoms with Gasteiger partial charge < -0.3 is 39.6 Å². The van der Waals surface area contributed by atoms with Crippen molar-refractivity contribution in [1.29, 1.82) is 0 Å². The van der Waals surface area contributed by atoms with E-state index in [1.54, 1.807) is 0 Å². The summed E-state index contributed by atoms with van der Waals surface area (Å²) in [5.74, 6) is -7.47. The second kappa shape index (κ2) is 9.93. The second-order valence-corrected chi connectivity index (χ2v) is 3.92. The van der Waals surface area contributed by atoms with E-state index in [0.29, 0.717) is 4.90 Å². The van der Waals surface area contributed by atoms with E-state index in [4.69, 9.17) is 0 Å². The van der Waals surface area contributed by atoms with E-state index in [-0.39, 0.29) is 59.7 Å². The molecule has 0 fully saturated rings. The molecule has 10 nitrogen and oxygen atoms in total. The van der Waals surface area contributed by atoms with Crippen LogP contribution in [0.1, 0.15) is 6.42 Å². The third-order valence-corrected chi connectivity index (χ3v) is 2.70. The predicted octanol–water partition coefficient (Wildman–Crippen LogP) is -10.1. The van der Waals surface area contributed by atoms with Crippen molar-refractivity contribution in [1.82, 2.24) is 4.90 Å². The number of rotatable bonds is 6. The van der Waals surface area contributed by atoms with Gasteiger partial charge in [0.2, 0.25) is 0 Å². The molecule has 0 saturated carbocycles. The van der Waals surface area contributed by atoms with Crippen molar-refractivity contribution in [2.75, 3.05) is 13.1 Å². The number of aliphatic carboxylic acids is 4. The summed E-state index contributed by atoms with van der Waals surface area (Å²) >= 11 is 0. The molecule has 1 heterocycles. The Morgan fingerprint density at radius 3 is 2.09 bits per heavy atom. The fourth-order valence-electron chi connectivity index (χ4n) is 1.91. The molecular formula is C10H8FeN2NaO8. The maximum Gasteiger partial charge on any atom is 3.00 e. The minimum atomic E-state index is -2.03. The zero-order chi connectivity index (χ0) is 15.4. The minimum Gasteiger partial charge on any atom is -0.550 e. The molecule has 0 N–H and O–H groups in total. The van der Waals surface area contributed by atoms with Gasteiger partial charge in [-0.1, -0.05) is 0 Å². The molecule has 0 spiro atoms. The largest absolute Gasteiger partial charge is 3.00 e. The van der Waals surface area contributed by atoms with E-state index in [1.165, 1.54) is 0 Å². The molecule has 0 bridgehead atoms. The number of hydrogen-bond acceptors (Lipinski definition) is 10. The molecule has 0 aromatic rings. The summed E-state index contributed by atoms with van der Waals surface area (Å²) in [6.07, 6.45) is -1.06. The van der Waals surface area contributed by atoms with Gasteiger partial charge in [-0.25, -0.2) is 0 Å². The van der Waals surface area contributed by atoms with Crippen molar-refractivity contribution >= 4 is 29.6 Å². The van der Waals surface area contributed by atoms with Gasteiger partial charge in [-0.05, 0) is 0 Å². The molecule has 0 aliphatic carbocycles. The van der Waals surface area contributed by atoms with Crippen LogP contribution in [0.5, 0.6) is 0 Å². The average molecular weight is 363 g/mol. The number of carboxylic acid groups (broad SMARTS) is 4. The third kappa shape index (κ3) is 5.67. The van der Waals surface area contributed by atoms with Gasteiger partial charge in [-0.2, -0.15) is 0 Å². The van der Waals surface area contributed by atoms with Gasteiger partial charge in [0.25, 0.3) is 0 Å². The summed E-state index contributed by atoms with van der Waals surface area (Å²) in [5.41, 5.74) is -0.930. The standard InChI is InChI=1S/C10H12N2O8.Fe.Na/c13-5(14)3-4(8(15)16)12-2-1-11-6(9(17)18)7(12)10(19)20;;/h4,7H,1-3H2,(H,13,14)(H,15,16)(H,17,18)(H,19,20);;/q;+3;+1/p-4. The molecule has 0 saturated heterocycles. The number of nitrogens with zero attached hydrogens (tertiary/aromatic N) is 2. The van der Waals surface area contributed by atoms with Gasteiger partial charge in [-0.3, -0.25) is 9.89 Å². The van der Waals surface area contributed by atoms with E-state index >= 15 is 0 Å². The van der Waals surface area contributed by atoms with Crippen molar-refractivity contribution in [2.24, 2.45) is 4.99 Å². The molecule has 2 atom stereocenters. The molecule has 1 aliphatic heterocycles. The van der Waals surface area contributed by atoms with Crippen LogP contribution >= 0.6 is 0 Å². The van der Waals surface area contributed by atoms with Crippen LogP contribution in [0.3, 0.4) is 0 Å². The van der Waals surface area contributed by atoms with Crippen molar-refractivity contribution < 1.29 is 86.2 Å². The Morgan fingerprint density at radius 2 is 1.73 bits per heavy atom. The van der Waals surface area contributed by atoms with Crippen LogP contribution in [0.2, 0.25) is 0 Å². The van der Waals surface area contributed by atoms with Crippen molar-refractivity contribution in [3.05, 3.63) is 0 Å². The Hall–Kier alpha value is -0.971. The fourth-order valence-corrected chi connectivity index (χ4v) is 1.91. The first-order valence-electron chi connectivity index (χ1n) is 5.38. The first-order valence-corrected chi connectivity index (χ1v) is 5.38.